The van der Waals surface area contributed by atoms with Crippen molar-refractivity contribution in [2.24, 2.45) is 0 Å². The molecule has 0 radical (unpaired) electrons. The van der Waals surface area contributed by atoms with E-state index in [-0.39, 0.29) is 5.91 Å². The fraction of sp³-hybridized carbons (Fsp3) is 0.480. The van der Waals surface area contributed by atoms with Crippen molar-refractivity contribution >= 4 is 21.6 Å². The van der Waals surface area contributed by atoms with Crippen molar-refractivity contribution in [2.75, 3.05) is 23.7 Å². The normalized spacial score (nSPS) is 15.8. The molecule has 0 unspecified atom stereocenters. The maximum Gasteiger partial charge on any atom is 0.244 e. The van der Waals surface area contributed by atoms with E-state index in [2.05, 4.69) is 22.3 Å². The first-order valence-corrected chi connectivity index (χ1v) is 13.3. The van der Waals surface area contributed by atoms with Gasteiger partial charge in [0.05, 0.1) is 11.9 Å². The van der Waals surface area contributed by atoms with Crippen LogP contribution >= 0.6 is 0 Å². The van der Waals surface area contributed by atoms with Crippen molar-refractivity contribution in [2.45, 2.75) is 58.7 Å². The summed E-state index contributed by atoms with van der Waals surface area (Å²) in [7, 11) is -3.63. The Morgan fingerprint density at radius 3 is 2.34 bits per heavy atom. The number of piperidine rings is 1. The minimum atomic E-state index is -3.63. The number of hydrogen-bond acceptors (Lipinski definition) is 4. The third-order valence-electron chi connectivity index (χ3n) is 5.93. The molecule has 2 aromatic rings. The quantitative estimate of drug-likeness (QED) is 0.621. The molecule has 0 aromatic heterocycles. The van der Waals surface area contributed by atoms with Crippen LogP contribution in [-0.2, 0) is 27.9 Å². The molecule has 1 aliphatic heterocycles. The molecule has 0 bridgehead atoms. The molecule has 7 heteroatoms. The van der Waals surface area contributed by atoms with Gasteiger partial charge in [-0.05, 0) is 62.5 Å². The molecule has 0 spiro atoms. The largest absolute Gasteiger partial charge is 0.350 e. The lowest BCUT2D eigenvalue weighted by Crippen LogP contribution is -2.49. The van der Waals surface area contributed by atoms with Gasteiger partial charge in [-0.25, -0.2) is 8.42 Å². The highest BCUT2D eigenvalue weighted by atomic mass is 32.2. The lowest BCUT2D eigenvalue weighted by Gasteiger charge is -2.30. The second-order valence-corrected chi connectivity index (χ2v) is 10.6. The monoisotopic (exact) mass is 457 g/mol. The summed E-state index contributed by atoms with van der Waals surface area (Å²) in [6.45, 7) is 7.34. The molecule has 1 atom stereocenters. The highest BCUT2D eigenvalue weighted by molar-refractivity contribution is 7.92. The third kappa shape index (κ3) is 6.56. The van der Waals surface area contributed by atoms with Crippen molar-refractivity contribution < 1.29 is 13.2 Å². The van der Waals surface area contributed by atoms with Gasteiger partial charge in [0.2, 0.25) is 15.9 Å². The summed E-state index contributed by atoms with van der Waals surface area (Å²) < 4.78 is 26.4. The number of rotatable bonds is 9. The third-order valence-corrected chi connectivity index (χ3v) is 7.11. The van der Waals surface area contributed by atoms with Crippen molar-refractivity contribution in [3.63, 3.8) is 0 Å². The molecule has 1 amide bonds. The summed E-state index contributed by atoms with van der Waals surface area (Å²) in [6.07, 6.45) is 5.35. The second-order valence-electron chi connectivity index (χ2n) is 8.69. The first-order chi connectivity index (χ1) is 15.3. The van der Waals surface area contributed by atoms with Crippen LogP contribution in [0.2, 0.25) is 0 Å². The number of amides is 1. The Hall–Kier alpha value is -2.38. The maximum atomic E-state index is 13.1. The number of hydrogen-bond donors (Lipinski definition) is 1. The van der Waals surface area contributed by atoms with E-state index in [1.807, 2.05) is 38.1 Å². The van der Waals surface area contributed by atoms with Crippen LogP contribution in [0.3, 0.4) is 0 Å². The van der Waals surface area contributed by atoms with E-state index >= 15 is 0 Å². The van der Waals surface area contributed by atoms with Gasteiger partial charge in [-0.3, -0.25) is 14.0 Å². The Balaban J connectivity index is 1.69. The topological polar surface area (TPSA) is 69.7 Å². The van der Waals surface area contributed by atoms with Crippen LogP contribution in [0.4, 0.5) is 5.69 Å². The van der Waals surface area contributed by atoms with Gasteiger partial charge in [-0.15, -0.1) is 0 Å². The van der Waals surface area contributed by atoms with Gasteiger partial charge in [0.25, 0.3) is 0 Å². The first kappa shape index (κ1) is 24.3. The molecule has 174 valence electrons. The summed E-state index contributed by atoms with van der Waals surface area (Å²) in [6, 6.07) is 14.7. The number of nitrogens with zero attached hydrogens (tertiary/aromatic N) is 2. The summed E-state index contributed by atoms with van der Waals surface area (Å²) in [4.78, 5) is 15.5. The number of nitrogens with one attached hydrogen (secondary N) is 1. The average molecular weight is 458 g/mol. The molecular formula is C25H35N3O3S. The van der Waals surface area contributed by atoms with Crippen LogP contribution in [0, 0.1) is 6.92 Å². The molecule has 32 heavy (non-hydrogen) atoms. The van der Waals surface area contributed by atoms with Crippen LogP contribution in [-0.4, -0.2) is 44.6 Å². The SMILES string of the molecule is CC[C@@H](C(=O)NCc1cccc(CN2CCCCC2)c1)N(c1ccc(C)cc1)S(C)(=O)=O. The fourth-order valence-corrected chi connectivity index (χ4v) is 5.48. The molecule has 0 aliphatic carbocycles. The van der Waals surface area contributed by atoms with Gasteiger partial charge in [-0.1, -0.05) is 55.3 Å². The fourth-order valence-electron chi connectivity index (χ4n) is 4.27. The van der Waals surface area contributed by atoms with Crippen LogP contribution in [0.15, 0.2) is 48.5 Å². The number of anilines is 1. The smallest absolute Gasteiger partial charge is 0.244 e. The summed E-state index contributed by atoms with van der Waals surface area (Å²) in [5.41, 5.74) is 3.79. The predicted molar refractivity (Wildman–Crippen MR) is 130 cm³/mol. The van der Waals surface area contributed by atoms with Crippen LogP contribution < -0.4 is 9.62 Å². The number of carbonyl (C=O) groups is 1. The van der Waals surface area contributed by atoms with Crippen molar-refractivity contribution in [1.29, 1.82) is 0 Å². The second kappa shape index (κ2) is 11.0. The van der Waals surface area contributed by atoms with E-state index < -0.39 is 16.1 Å². The molecule has 0 saturated carbocycles. The first-order valence-electron chi connectivity index (χ1n) is 11.4. The highest BCUT2D eigenvalue weighted by Gasteiger charge is 2.31. The number of benzene rings is 2. The maximum absolute atomic E-state index is 13.1. The molecular weight excluding hydrogens is 422 g/mol. The van der Waals surface area contributed by atoms with Gasteiger partial charge < -0.3 is 5.32 Å². The molecule has 2 aromatic carbocycles. The summed E-state index contributed by atoms with van der Waals surface area (Å²) in [5.74, 6) is -0.292. The molecule has 3 rings (SSSR count). The van der Waals surface area contributed by atoms with E-state index in [0.717, 1.165) is 37.0 Å². The standard InChI is InChI=1S/C25H35N3O3S/c1-4-24(28(32(3,30)31)23-13-11-20(2)12-14-23)25(29)26-18-21-9-8-10-22(17-21)19-27-15-6-5-7-16-27/h8-14,17,24H,4-7,15-16,18-19H2,1-3H3,(H,26,29)/t24-/m0/s1. The van der Waals surface area contributed by atoms with E-state index in [4.69, 9.17) is 0 Å². The zero-order valence-electron chi connectivity index (χ0n) is 19.4. The Labute approximate surface area is 192 Å². The van der Waals surface area contributed by atoms with Gasteiger partial charge in [0.1, 0.15) is 6.04 Å². The Morgan fingerprint density at radius 1 is 1.06 bits per heavy atom. The van der Waals surface area contributed by atoms with Crippen molar-refractivity contribution in [3.05, 3.63) is 65.2 Å². The van der Waals surface area contributed by atoms with Crippen LogP contribution in [0.5, 0.6) is 0 Å². The van der Waals surface area contributed by atoms with Gasteiger partial charge in [0, 0.05) is 13.1 Å². The Bertz CT molecular complexity index is 999. The molecule has 1 aliphatic rings. The van der Waals surface area contributed by atoms with E-state index in [9.17, 15) is 13.2 Å². The van der Waals surface area contributed by atoms with E-state index in [1.54, 1.807) is 12.1 Å². The van der Waals surface area contributed by atoms with Crippen molar-refractivity contribution in [1.82, 2.24) is 10.2 Å². The molecule has 6 nitrogen and oxygen atoms in total. The zero-order chi connectivity index (χ0) is 23.1. The molecule has 1 N–H and O–H groups in total. The van der Waals surface area contributed by atoms with Crippen molar-refractivity contribution in [3.8, 4) is 0 Å². The predicted octanol–water partition coefficient (Wildman–Crippen LogP) is 3.84. The summed E-state index contributed by atoms with van der Waals surface area (Å²) >= 11 is 0. The molecule has 1 saturated heterocycles. The zero-order valence-corrected chi connectivity index (χ0v) is 20.2. The minimum Gasteiger partial charge on any atom is -0.350 e. The van der Waals surface area contributed by atoms with E-state index in [0.29, 0.717) is 18.7 Å². The average Bonchev–Trinajstić information content (AvgIpc) is 2.77. The number of carbonyl (C=O) groups excluding carboxylic acids is 1. The van der Waals surface area contributed by atoms with Gasteiger partial charge in [0.15, 0.2) is 0 Å². The number of sulfonamides is 1. The Morgan fingerprint density at radius 2 is 1.72 bits per heavy atom. The van der Waals surface area contributed by atoms with E-state index in [1.165, 1.54) is 29.1 Å². The molecule has 1 fully saturated rings. The molecule has 1 heterocycles. The van der Waals surface area contributed by atoms with Crippen LogP contribution in [0.1, 0.15) is 49.3 Å². The van der Waals surface area contributed by atoms with Gasteiger partial charge >= 0.3 is 0 Å². The van der Waals surface area contributed by atoms with Gasteiger partial charge in [-0.2, -0.15) is 0 Å². The minimum absolute atomic E-state index is 0.292. The lowest BCUT2D eigenvalue weighted by atomic mass is 10.1. The number of aryl methyl sites for hydroxylation is 1. The highest BCUT2D eigenvalue weighted by Crippen LogP contribution is 2.23. The lowest BCUT2D eigenvalue weighted by molar-refractivity contribution is -0.122. The number of likely N-dealkylation sites (tertiary alicyclic amines) is 1. The van der Waals surface area contributed by atoms with Crippen LogP contribution in [0.25, 0.3) is 0 Å². The Kier molecular flexibility index (Phi) is 8.32. The summed E-state index contributed by atoms with van der Waals surface area (Å²) in [5, 5.41) is 2.96.